The van der Waals surface area contributed by atoms with E-state index in [2.05, 4.69) is 21.2 Å². The number of hydrogen-bond acceptors (Lipinski definition) is 3. The van der Waals surface area contributed by atoms with E-state index in [4.69, 9.17) is 0 Å². The number of amides is 1. The summed E-state index contributed by atoms with van der Waals surface area (Å²) in [6.07, 6.45) is 1.48. The zero-order chi connectivity index (χ0) is 17.0. The van der Waals surface area contributed by atoms with Gasteiger partial charge in [0.2, 0.25) is 0 Å². The fraction of sp³-hybridized carbons (Fsp3) is 0.0588. The molecule has 23 heavy (non-hydrogen) atoms. The van der Waals surface area contributed by atoms with E-state index in [1.807, 2.05) is 53.8 Å². The number of phenolic OH excluding ortho intramolecular Hbond substituents is 1. The standard InChI is InChI=1S/C17H12BrIN2O2/c1-10-3-2-4-13(5-10)21-17(23)12(9-20)6-11-7-14(18)16(22)15(19)8-11/h2-8,22H,1H3,(H,21,23)/b12-6-. The number of phenols is 1. The molecule has 0 aliphatic carbocycles. The molecule has 2 N–H and O–H groups in total. The third-order valence-corrected chi connectivity index (χ3v) is 4.42. The molecule has 6 heteroatoms. The van der Waals surface area contributed by atoms with E-state index in [1.165, 1.54) is 6.08 Å². The molecule has 2 aromatic carbocycles. The van der Waals surface area contributed by atoms with E-state index < -0.39 is 5.91 Å². The van der Waals surface area contributed by atoms with Gasteiger partial charge in [0.15, 0.2) is 0 Å². The summed E-state index contributed by atoms with van der Waals surface area (Å²) in [4.78, 5) is 12.2. The molecule has 4 nitrogen and oxygen atoms in total. The van der Waals surface area contributed by atoms with Gasteiger partial charge >= 0.3 is 0 Å². The fourth-order valence-corrected chi connectivity index (χ4v) is 3.40. The summed E-state index contributed by atoms with van der Waals surface area (Å²) >= 11 is 5.22. The summed E-state index contributed by atoms with van der Waals surface area (Å²) in [5.74, 6) is -0.345. The molecule has 0 aliphatic heterocycles. The van der Waals surface area contributed by atoms with Gasteiger partial charge in [0.05, 0.1) is 8.04 Å². The Balaban J connectivity index is 2.28. The number of carbonyl (C=O) groups excluding carboxylic acids is 1. The van der Waals surface area contributed by atoms with Crippen molar-refractivity contribution < 1.29 is 9.90 Å². The molecule has 2 aromatic rings. The lowest BCUT2D eigenvalue weighted by Gasteiger charge is -2.06. The molecule has 0 bridgehead atoms. The van der Waals surface area contributed by atoms with Crippen LogP contribution in [0.15, 0.2) is 46.4 Å². The molecule has 116 valence electrons. The maximum Gasteiger partial charge on any atom is 0.266 e. The largest absolute Gasteiger partial charge is 0.506 e. The number of halogens is 2. The summed E-state index contributed by atoms with van der Waals surface area (Å²) in [7, 11) is 0. The van der Waals surface area contributed by atoms with E-state index in [-0.39, 0.29) is 11.3 Å². The maximum atomic E-state index is 12.2. The van der Waals surface area contributed by atoms with Gasteiger partial charge in [-0.25, -0.2) is 0 Å². The Labute approximate surface area is 156 Å². The van der Waals surface area contributed by atoms with Gasteiger partial charge in [0, 0.05) is 5.69 Å². The van der Waals surface area contributed by atoms with Gasteiger partial charge in [-0.15, -0.1) is 0 Å². The molecule has 0 aliphatic rings. The second-order valence-electron chi connectivity index (χ2n) is 4.83. The lowest BCUT2D eigenvalue weighted by Crippen LogP contribution is -2.13. The van der Waals surface area contributed by atoms with Crippen LogP contribution in [0.2, 0.25) is 0 Å². The van der Waals surface area contributed by atoms with Gasteiger partial charge in [-0.3, -0.25) is 4.79 Å². The Bertz CT molecular complexity index is 818. The number of aromatic hydroxyl groups is 1. The molecule has 0 atom stereocenters. The minimum atomic E-state index is -0.475. The number of nitrogens with one attached hydrogen (secondary N) is 1. The summed E-state index contributed by atoms with van der Waals surface area (Å²) < 4.78 is 1.13. The molecule has 0 saturated heterocycles. The monoisotopic (exact) mass is 482 g/mol. The van der Waals surface area contributed by atoms with E-state index in [0.29, 0.717) is 19.3 Å². The first-order chi connectivity index (χ1) is 10.9. The Morgan fingerprint density at radius 3 is 2.74 bits per heavy atom. The van der Waals surface area contributed by atoms with Crippen molar-refractivity contribution in [3.8, 4) is 11.8 Å². The second-order valence-corrected chi connectivity index (χ2v) is 6.84. The number of carbonyl (C=O) groups is 1. The third kappa shape index (κ3) is 4.56. The van der Waals surface area contributed by atoms with E-state index >= 15 is 0 Å². The van der Waals surface area contributed by atoms with Crippen molar-refractivity contribution in [1.29, 1.82) is 5.26 Å². The van der Waals surface area contributed by atoms with Crippen LogP contribution in [0.3, 0.4) is 0 Å². The van der Waals surface area contributed by atoms with Crippen molar-refractivity contribution in [1.82, 2.24) is 0 Å². The minimum absolute atomic E-state index is 0.0140. The first-order valence-corrected chi connectivity index (χ1v) is 8.45. The molecule has 0 spiro atoms. The van der Waals surface area contributed by atoms with Crippen LogP contribution in [0, 0.1) is 21.8 Å². The van der Waals surface area contributed by atoms with E-state index in [9.17, 15) is 15.2 Å². The Morgan fingerprint density at radius 2 is 2.13 bits per heavy atom. The van der Waals surface area contributed by atoms with Crippen LogP contribution in [-0.4, -0.2) is 11.0 Å². The zero-order valence-corrected chi connectivity index (χ0v) is 15.8. The Kier molecular flexibility index (Phi) is 5.80. The minimum Gasteiger partial charge on any atom is -0.506 e. The van der Waals surface area contributed by atoms with Gasteiger partial charge in [0.25, 0.3) is 5.91 Å². The average Bonchev–Trinajstić information content (AvgIpc) is 2.50. The molecule has 0 radical (unpaired) electrons. The third-order valence-electron chi connectivity index (χ3n) is 2.99. The molecular formula is C17H12BrIN2O2. The van der Waals surface area contributed by atoms with E-state index in [1.54, 1.807) is 18.2 Å². The number of nitrogens with zero attached hydrogens (tertiary/aromatic N) is 1. The zero-order valence-electron chi connectivity index (χ0n) is 12.1. The number of nitriles is 1. The molecule has 0 saturated carbocycles. The van der Waals surface area contributed by atoms with Gasteiger partial charge < -0.3 is 10.4 Å². The van der Waals surface area contributed by atoms with Gasteiger partial charge in [-0.05, 0) is 86.9 Å². The molecule has 0 heterocycles. The normalized spacial score (nSPS) is 11.0. The Hall–Kier alpha value is -1.85. The highest BCUT2D eigenvalue weighted by atomic mass is 127. The maximum absolute atomic E-state index is 12.2. The number of benzene rings is 2. The number of anilines is 1. The smallest absolute Gasteiger partial charge is 0.266 e. The lowest BCUT2D eigenvalue weighted by atomic mass is 10.1. The van der Waals surface area contributed by atoms with Crippen molar-refractivity contribution in [2.45, 2.75) is 6.92 Å². The molecule has 1 amide bonds. The van der Waals surface area contributed by atoms with E-state index in [0.717, 1.165) is 5.56 Å². The van der Waals surface area contributed by atoms with Gasteiger partial charge in [-0.1, -0.05) is 12.1 Å². The van der Waals surface area contributed by atoms with Crippen molar-refractivity contribution >= 4 is 56.2 Å². The SMILES string of the molecule is Cc1cccc(NC(=O)/C(C#N)=C\c2cc(Br)c(O)c(I)c2)c1. The van der Waals surface area contributed by atoms with Crippen LogP contribution in [-0.2, 0) is 4.79 Å². The quantitative estimate of drug-likeness (QED) is 0.381. The number of aryl methyl sites for hydroxylation is 1. The topological polar surface area (TPSA) is 73.1 Å². The van der Waals surface area contributed by atoms with Gasteiger partial charge in [0.1, 0.15) is 17.4 Å². The van der Waals surface area contributed by atoms with Crippen LogP contribution in [0.5, 0.6) is 5.75 Å². The molecule has 2 rings (SSSR count). The van der Waals surface area contributed by atoms with Gasteiger partial charge in [-0.2, -0.15) is 5.26 Å². The first-order valence-electron chi connectivity index (χ1n) is 6.58. The predicted molar refractivity (Wildman–Crippen MR) is 102 cm³/mol. The van der Waals surface area contributed by atoms with Crippen LogP contribution in [0.1, 0.15) is 11.1 Å². The van der Waals surface area contributed by atoms with Crippen molar-refractivity contribution in [3.05, 3.63) is 61.1 Å². The summed E-state index contributed by atoms with van der Waals surface area (Å²) in [6, 6.07) is 12.6. The molecule has 0 unspecified atom stereocenters. The molecule has 0 fully saturated rings. The summed E-state index contributed by atoms with van der Waals surface area (Å²) in [5, 5.41) is 21.7. The average molecular weight is 483 g/mol. The second kappa shape index (κ2) is 7.62. The number of rotatable bonds is 3. The molecular weight excluding hydrogens is 471 g/mol. The van der Waals surface area contributed by atoms with Crippen molar-refractivity contribution in [2.24, 2.45) is 0 Å². The summed E-state index contributed by atoms with van der Waals surface area (Å²) in [6.45, 7) is 1.92. The van der Waals surface area contributed by atoms with Crippen molar-refractivity contribution in [3.63, 3.8) is 0 Å². The highest BCUT2D eigenvalue weighted by Gasteiger charge is 2.11. The van der Waals surface area contributed by atoms with Crippen LogP contribution < -0.4 is 5.32 Å². The van der Waals surface area contributed by atoms with Crippen LogP contribution in [0.4, 0.5) is 5.69 Å². The summed E-state index contributed by atoms with van der Waals surface area (Å²) in [5.41, 5.74) is 2.29. The fourth-order valence-electron chi connectivity index (χ4n) is 1.90. The van der Waals surface area contributed by atoms with Crippen LogP contribution >= 0.6 is 38.5 Å². The highest BCUT2D eigenvalue weighted by molar-refractivity contribution is 14.1. The predicted octanol–water partition coefficient (Wildman–Crippen LogP) is 4.61. The van der Waals surface area contributed by atoms with Crippen molar-refractivity contribution in [2.75, 3.05) is 5.32 Å². The lowest BCUT2D eigenvalue weighted by molar-refractivity contribution is -0.112. The first kappa shape index (κ1) is 17.5. The number of hydrogen-bond donors (Lipinski definition) is 2. The Morgan fingerprint density at radius 1 is 1.39 bits per heavy atom. The van der Waals surface area contributed by atoms with Crippen LogP contribution in [0.25, 0.3) is 6.08 Å². The highest BCUT2D eigenvalue weighted by Crippen LogP contribution is 2.31. The molecule has 0 aromatic heterocycles.